The van der Waals surface area contributed by atoms with Crippen LogP contribution in [-0.4, -0.2) is 28.0 Å². The Morgan fingerprint density at radius 2 is 1.54 bits per heavy atom. The molecule has 1 aliphatic heterocycles. The zero-order chi connectivity index (χ0) is 18.9. The van der Waals surface area contributed by atoms with Gasteiger partial charge in [0, 0.05) is 24.8 Å². The lowest BCUT2D eigenvalue weighted by molar-refractivity contribution is 0.600. The molecule has 4 aromatic rings. The van der Waals surface area contributed by atoms with E-state index in [0.29, 0.717) is 0 Å². The summed E-state index contributed by atoms with van der Waals surface area (Å²) in [5.41, 5.74) is 5.55. The number of rotatable bonds is 4. The summed E-state index contributed by atoms with van der Waals surface area (Å²) >= 11 is 1.69. The Kier molecular flexibility index (Phi) is 4.37. The van der Waals surface area contributed by atoms with Crippen molar-refractivity contribution < 1.29 is 0 Å². The number of aromatic nitrogens is 3. The zero-order valence-electron chi connectivity index (χ0n) is 15.7. The SMILES string of the molecule is Cc1nc(-c2ccc(-c3ccccc3)cc2)sc1-c1ccnc(N2CCC2)n1. The fraction of sp³-hybridized carbons (Fsp3) is 0.174. The van der Waals surface area contributed by atoms with Crippen LogP contribution in [-0.2, 0) is 0 Å². The molecule has 138 valence electrons. The highest BCUT2D eigenvalue weighted by Crippen LogP contribution is 2.35. The molecule has 0 radical (unpaired) electrons. The first kappa shape index (κ1) is 17.1. The van der Waals surface area contributed by atoms with Gasteiger partial charge >= 0.3 is 0 Å². The van der Waals surface area contributed by atoms with Crippen molar-refractivity contribution in [2.75, 3.05) is 18.0 Å². The summed E-state index contributed by atoms with van der Waals surface area (Å²) in [5.74, 6) is 0.824. The molecule has 3 heterocycles. The summed E-state index contributed by atoms with van der Waals surface area (Å²) in [5, 5.41) is 1.02. The van der Waals surface area contributed by atoms with Gasteiger partial charge in [-0.05, 0) is 30.5 Å². The first-order valence-electron chi connectivity index (χ1n) is 9.49. The minimum absolute atomic E-state index is 0.824. The summed E-state index contributed by atoms with van der Waals surface area (Å²) in [6.07, 6.45) is 3.07. The first-order valence-corrected chi connectivity index (χ1v) is 10.3. The highest BCUT2D eigenvalue weighted by molar-refractivity contribution is 7.18. The Balaban J connectivity index is 1.45. The predicted octanol–water partition coefficient (Wildman–Crippen LogP) is 5.45. The molecule has 0 amide bonds. The van der Waals surface area contributed by atoms with Crippen LogP contribution in [0.4, 0.5) is 5.95 Å². The maximum Gasteiger partial charge on any atom is 0.225 e. The molecule has 0 aliphatic carbocycles. The van der Waals surface area contributed by atoms with Crippen molar-refractivity contribution >= 4 is 17.3 Å². The van der Waals surface area contributed by atoms with Crippen LogP contribution in [0.5, 0.6) is 0 Å². The van der Waals surface area contributed by atoms with E-state index in [-0.39, 0.29) is 0 Å². The third-order valence-corrected chi connectivity index (χ3v) is 6.28. The van der Waals surface area contributed by atoms with Crippen molar-refractivity contribution in [1.29, 1.82) is 0 Å². The largest absolute Gasteiger partial charge is 0.341 e. The second-order valence-corrected chi connectivity index (χ2v) is 7.96. The first-order chi connectivity index (χ1) is 13.8. The third kappa shape index (κ3) is 3.18. The predicted molar refractivity (Wildman–Crippen MR) is 116 cm³/mol. The molecule has 28 heavy (non-hydrogen) atoms. The Hall–Kier alpha value is -3.05. The van der Waals surface area contributed by atoms with Crippen LogP contribution in [0, 0.1) is 6.92 Å². The second kappa shape index (κ2) is 7.17. The summed E-state index contributed by atoms with van der Waals surface area (Å²) in [6.45, 7) is 4.15. The minimum atomic E-state index is 0.824. The van der Waals surface area contributed by atoms with Crippen LogP contribution in [0.3, 0.4) is 0 Å². The average Bonchev–Trinajstić information content (AvgIpc) is 3.09. The van der Waals surface area contributed by atoms with Gasteiger partial charge in [-0.2, -0.15) is 0 Å². The Bertz CT molecular complexity index is 1100. The highest BCUT2D eigenvalue weighted by Gasteiger charge is 2.19. The van der Waals surface area contributed by atoms with Gasteiger partial charge in [-0.1, -0.05) is 54.6 Å². The molecule has 0 spiro atoms. The molecule has 1 saturated heterocycles. The normalized spacial score (nSPS) is 13.4. The summed E-state index contributed by atoms with van der Waals surface area (Å²) in [4.78, 5) is 17.3. The van der Waals surface area contributed by atoms with Gasteiger partial charge in [-0.3, -0.25) is 0 Å². The van der Waals surface area contributed by atoms with Gasteiger partial charge in [-0.15, -0.1) is 11.3 Å². The lowest BCUT2D eigenvalue weighted by Gasteiger charge is -2.30. The number of aryl methyl sites for hydroxylation is 1. The number of anilines is 1. The van der Waals surface area contributed by atoms with Crippen LogP contribution in [0.1, 0.15) is 12.1 Å². The topological polar surface area (TPSA) is 41.9 Å². The molecular formula is C23H20N4S. The summed E-state index contributed by atoms with van der Waals surface area (Å²) in [7, 11) is 0. The van der Waals surface area contributed by atoms with Gasteiger partial charge in [0.15, 0.2) is 0 Å². The average molecular weight is 385 g/mol. The van der Waals surface area contributed by atoms with Crippen LogP contribution in [0.2, 0.25) is 0 Å². The number of benzene rings is 2. The monoisotopic (exact) mass is 384 g/mol. The van der Waals surface area contributed by atoms with E-state index >= 15 is 0 Å². The van der Waals surface area contributed by atoms with Crippen molar-refractivity contribution in [1.82, 2.24) is 15.0 Å². The van der Waals surface area contributed by atoms with Gasteiger partial charge in [0.05, 0.1) is 16.3 Å². The molecule has 4 nitrogen and oxygen atoms in total. The lowest BCUT2D eigenvalue weighted by Crippen LogP contribution is -2.38. The van der Waals surface area contributed by atoms with Gasteiger partial charge < -0.3 is 4.90 Å². The second-order valence-electron chi connectivity index (χ2n) is 6.96. The van der Waals surface area contributed by atoms with Crippen molar-refractivity contribution in [3.8, 4) is 32.3 Å². The Morgan fingerprint density at radius 1 is 0.821 bits per heavy atom. The molecule has 1 fully saturated rings. The van der Waals surface area contributed by atoms with E-state index in [1.807, 2.05) is 18.3 Å². The molecule has 0 N–H and O–H groups in total. The maximum atomic E-state index is 4.81. The van der Waals surface area contributed by atoms with Crippen molar-refractivity contribution in [2.24, 2.45) is 0 Å². The lowest BCUT2D eigenvalue weighted by atomic mass is 10.0. The quantitative estimate of drug-likeness (QED) is 0.469. The fourth-order valence-electron chi connectivity index (χ4n) is 3.34. The van der Waals surface area contributed by atoms with Crippen molar-refractivity contribution in [2.45, 2.75) is 13.3 Å². The Morgan fingerprint density at radius 3 is 2.25 bits per heavy atom. The van der Waals surface area contributed by atoms with Gasteiger partial charge in [0.1, 0.15) is 5.01 Å². The molecule has 5 rings (SSSR count). The van der Waals surface area contributed by atoms with Crippen LogP contribution < -0.4 is 4.90 Å². The van der Waals surface area contributed by atoms with Gasteiger partial charge in [-0.25, -0.2) is 15.0 Å². The maximum absolute atomic E-state index is 4.81. The highest BCUT2D eigenvalue weighted by atomic mass is 32.1. The van der Waals surface area contributed by atoms with E-state index < -0.39 is 0 Å². The van der Waals surface area contributed by atoms with Crippen LogP contribution in [0.15, 0.2) is 66.9 Å². The van der Waals surface area contributed by atoms with E-state index in [4.69, 9.17) is 9.97 Å². The van der Waals surface area contributed by atoms with Gasteiger partial charge in [0.2, 0.25) is 5.95 Å². The minimum Gasteiger partial charge on any atom is -0.341 e. The van der Waals surface area contributed by atoms with Crippen molar-refractivity contribution in [3.05, 3.63) is 72.6 Å². The van der Waals surface area contributed by atoms with Crippen LogP contribution >= 0.6 is 11.3 Å². The third-order valence-electron chi connectivity index (χ3n) is 5.05. The van der Waals surface area contributed by atoms with Gasteiger partial charge in [0.25, 0.3) is 0 Å². The van der Waals surface area contributed by atoms with E-state index in [9.17, 15) is 0 Å². The van der Waals surface area contributed by atoms with Crippen LogP contribution in [0.25, 0.3) is 32.3 Å². The molecule has 2 aromatic carbocycles. The molecule has 2 aromatic heterocycles. The van der Waals surface area contributed by atoms with E-state index in [1.54, 1.807) is 11.3 Å². The zero-order valence-corrected chi connectivity index (χ0v) is 16.5. The van der Waals surface area contributed by atoms with E-state index in [1.165, 1.54) is 17.5 Å². The van der Waals surface area contributed by atoms with E-state index in [0.717, 1.165) is 45.9 Å². The molecule has 5 heteroatoms. The standard InChI is InChI=1S/C23H20N4S/c1-16-21(20-12-13-24-23(26-20)27-14-5-15-27)28-22(25-16)19-10-8-18(9-11-19)17-6-3-2-4-7-17/h2-4,6-13H,5,14-15H2,1H3. The molecule has 0 unspecified atom stereocenters. The van der Waals surface area contributed by atoms with E-state index in [2.05, 4.69) is 65.3 Å². The Labute approximate surface area is 168 Å². The number of thiazole rings is 1. The molecule has 0 saturated carbocycles. The number of nitrogens with zero attached hydrogens (tertiary/aromatic N) is 4. The van der Waals surface area contributed by atoms with Crippen molar-refractivity contribution in [3.63, 3.8) is 0 Å². The summed E-state index contributed by atoms with van der Waals surface area (Å²) in [6, 6.07) is 21.0. The number of hydrogen-bond acceptors (Lipinski definition) is 5. The number of hydrogen-bond donors (Lipinski definition) is 0. The fourth-order valence-corrected chi connectivity index (χ4v) is 4.38. The molecule has 0 atom stereocenters. The summed E-state index contributed by atoms with van der Waals surface area (Å²) < 4.78 is 0. The smallest absolute Gasteiger partial charge is 0.225 e. The molecular weight excluding hydrogens is 364 g/mol. The molecule has 1 aliphatic rings. The molecule has 0 bridgehead atoms.